The Labute approximate surface area is 771 Å². The number of aliphatic hydroxyl groups is 7. The SMILES string of the molecule is CN[C@@H]1C(=O)N[C@@H]2Cc3ccc(cc3)Oc3cc4cc(c3O[C@@H]3O[C@H](C(=O)O)[C@@H](O)[C@H](O)[C@H]3NC(=O)CCCCCCCC(C)C)Oc3ccc(cc3Cl)[C@@H](O)[C@@H]3NC(=O)[C@H](NC(=O)[C@@H]4NC(=O)[C@@H](NC2=O)c2cc(cc(O)c2Cl)Oc2cc1ccc2O)c1ccc(O)c(c1)-c1c(O[C@H]2O[C@H](CO)[C@@H](O)[C@H](O)[C@@H]2O)cc(O)cc1[C@@H](C(=O)NCCCNCCCNCCCN)NC3=O. The summed E-state index contributed by atoms with van der Waals surface area (Å²) >= 11 is 14.4. The minimum Gasteiger partial charge on any atom is -0.508 e. The summed E-state index contributed by atoms with van der Waals surface area (Å²) in [4.78, 5) is 139. The molecule has 8 heterocycles. The van der Waals surface area contributed by atoms with Crippen molar-refractivity contribution >= 4 is 76.4 Å². The van der Waals surface area contributed by atoms with Gasteiger partial charge in [-0.05, 0) is 178 Å². The van der Waals surface area contributed by atoms with Gasteiger partial charge in [-0.1, -0.05) is 99.5 Å². The number of nitrogens with two attached hydrogens (primary N) is 1. The Morgan fingerprint density at radius 2 is 1.18 bits per heavy atom. The summed E-state index contributed by atoms with van der Waals surface area (Å²) in [5.74, 6) is -17.6. The van der Waals surface area contributed by atoms with E-state index in [9.17, 15) is 75.7 Å². The van der Waals surface area contributed by atoms with Crippen LogP contribution in [0.4, 0.5) is 0 Å². The average molecular weight is 1890 g/mol. The van der Waals surface area contributed by atoms with Crippen molar-refractivity contribution in [3.8, 4) is 80.1 Å². The van der Waals surface area contributed by atoms with E-state index in [-0.39, 0.29) is 47.8 Å². The van der Waals surface area contributed by atoms with Gasteiger partial charge >= 0.3 is 5.97 Å². The third kappa shape index (κ3) is 23.3. The monoisotopic (exact) mass is 1890 g/mol. The largest absolute Gasteiger partial charge is 0.508 e. The van der Waals surface area contributed by atoms with E-state index in [1.54, 1.807) is 0 Å². The van der Waals surface area contributed by atoms with Crippen LogP contribution >= 0.6 is 23.2 Å². The number of hydrogen-bond acceptors (Lipinski definition) is 31. The second kappa shape index (κ2) is 44.3. The number of carbonyl (C=O) groups is 9. The lowest BCUT2D eigenvalue weighted by atomic mass is 9.89. The van der Waals surface area contributed by atoms with Crippen molar-refractivity contribution in [1.29, 1.82) is 0 Å². The summed E-state index contributed by atoms with van der Waals surface area (Å²) in [6.45, 7) is 5.92. The number of likely N-dealkylation sites (N-methyl/N-ethyl adjacent to an activating group) is 1. The van der Waals surface area contributed by atoms with Gasteiger partial charge in [0, 0.05) is 48.2 Å². The number of aliphatic carboxylic acids is 1. The number of carboxylic acids is 1. The molecule has 0 saturated carbocycles. The quantitative estimate of drug-likeness (QED) is 0.0313. The van der Waals surface area contributed by atoms with Crippen LogP contribution in [0.15, 0.2) is 115 Å². The predicted octanol–water partition coefficient (Wildman–Crippen LogP) is 3.13. The molecule has 0 aromatic heterocycles. The van der Waals surface area contributed by atoms with Crippen LogP contribution in [-0.2, 0) is 59.0 Å². The lowest BCUT2D eigenvalue weighted by Gasteiger charge is -2.41. The minimum atomic E-state index is -2.46. The zero-order valence-electron chi connectivity index (χ0n) is 72.4. The molecule has 7 aromatic rings. The molecule has 40 nitrogen and oxygen atoms in total. The maximum Gasteiger partial charge on any atom is 0.335 e. The number of fused-ring (bicyclic) bond motifs is 14. The number of unbranched alkanes of at least 4 members (excludes halogenated alkanes) is 4. The van der Waals surface area contributed by atoms with Crippen molar-refractivity contribution < 1.29 is 138 Å². The van der Waals surface area contributed by atoms with Crippen molar-refractivity contribution in [2.45, 2.75) is 194 Å². The summed E-state index contributed by atoms with van der Waals surface area (Å²) in [5, 5.41) is 168. The summed E-state index contributed by atoms with van der Waals surface area (Å²) in [5.41, 5.74) is 2.92. The number of rotatable bonds is 28. The second-order valence-electron chi connectivity index (χ2n) is 33.5. The van der Waals surface area contributed by atoms with Gasteiger partial charge in [0.15, 0.2) is 29.1 Å². The molecule has 17 bridgehead atoms. The highest BCUT2D eigenvalue weighted by molar-refractivity contribution is 6.33. The Balaban J connectivity index is 1.02. The smallest absolute Gasteiger partial charge is 0.335 e. The molecule has 133 heavy (non-hydrogen) atoms. The molecular formula is C91H108Cl2N12O28. The number of amides is 8. The van der Waals surface area contributed by atoms with Gasteiger partial charge in [0.2, 0.25) is 65.6 Å². The molecule has 25 N–H and O–H groups in total. The minimum absolute atomic E-state index is 0.119. The van der Waals surface area contributed by atoms with Crippen LogP contribution in [0.1, 0.15) is 153 Å². The van der Waals surface area contributed by atoms with E-state index in [1.165, 1.54) is 49.5 Å². The Bertz CT molecular complexity index is 5430. The Hall–Kier alpha value is -12.0. The molecule has 8 amide bonds. The number of benzene rings is 7. The van der Waals surface area contributed by atoms with E-state index in [1.807, 2.05) is 0 Å². The highest BCUT2D eigenvalue weighted by Gasteiger charge is 2.52. The van der Waals surface area contributed by atoms with Gasteiger partial charge in [0.05, 0.1) is 16.7 Å². The van der Waals surface area contributed by atoms with Crippen LogP contribution in [0.25, 0.3) is 11.1 Å². The van der Waals surface area contributed by atoms with Gasteiger partial charge in [-0.2, -0.15) is 0 Å². The predicted molar refractivity (Wildman–Crippen MR) is 473 cm³/mol. The fourth-order valence-corrected chi connectivity index (χ4v) is 16.8. The number of carbonyl (C=O) groups excluding carboxylic acids is 8. The molecule has 0 unspecified atom stereocenters. The van der Waals surface area contributed by atoms with E-state index in [2.05, 4.69) is 72.3 Å². The molecule has 2 fully saturated rings. The van der Waals surface area contributed by atoms with Crippen LogP contribution in [0, 0.1) is 5.92 Å². The van der Waals surface area contributed by atoms with Gasteiger partial charge in [-0.15, -0.1) is 0 Å². The topological polar surface area (TPSA) is 619 Å². The fourth-order valence-electron chi connectivity index (χ4n) is 16.4. The third-order valence-corrected chi connectivity index (χ3v) is 24.2. The summed E-state index contributed by atoms with van der Waals surface area (Å²) in [6.07, 6.45) is -15.6. The van der Waals surface area contributed by atoms with Crippen LogP contribution < -0.4 is 87.9 Å². The number of carboxylic acid groups (broad SMARTS) is 1. The maximum atomic E-state index is 16.9. The van der Waals surface area contributed by atoms with Crippen LogP contribution in [-0.4, -0.2) is 241 Å². The van der Waals surface area contributed by atoms with Crippen molar-refractivity contribution in [1.82, 2.24) is 58.5 Å². The summed E-state index contributed by atoms with van der Waals surface area (Å²) in [7, 11) is 1.43. The number of aromatic hydroxyl groups is 4. The van der Waals surface area contributed by atoms with E-state index in [0.717, 1.165) is 118 Å². The Morgan fingerprint density at radius 3 is 1.88 bits per heavy atom. The average Bonchev–Trinajstić information content (AvgIpc) is 0.755. The number of hydrogen-bond donors (Lipinski definition) is 24. The molecule has 2 saturated heterocycles. The number of phenolic OH excluding ortho intramolecular Hbond substituents is 4. The highest BCUT2D eigenvalue weighted by Crippen LogP contribution is 2.51. The molecule has 42 heteroatoms. The first-order valence-electron chi connectivity index (χ1n) is 43.6. The fraction of sp³-hybridized carbons (Fsp3) is 0.440. The molecule has 15 rings (SSSR count). The molecule has 8 aliphatic heterocycles. The molecule has 7 aromatic carbocycles. The molecule has 18 atom stereocenters. The van der Waals surface area contributed by atoms with Gasteiger partial charge in [0.25, 0.3) is 0 Å². The normalized spacial score (nSPS) is 25.3. The molecule has 714 valence electrons. The molecular weight excluding hydrogens is 1780 g/mol. The third-order valence-electron chi connectivity index (χ3n) is 23.5. The Kier molecular flexibility index (Phi) is 32.8. The first-order valence-corrected chi connectivity index (χ1v) is 44.4. The van der Waals surface area contributed by atoms with Crippen molar-refractivity contribution in [2.75, 3.05) is 52.9 Å². The van der Waals surface area contributed by atoms with Crippen LogP contribution in [0.3, 0.4) is 0 Å². The maximum absolute atomic E-state index is 16.9. The molecule has 0 radical (unpaired) electrons. The van der Waals surface area contributed by atoms with E-state index < -0.39 is 271 Å². The van der Waals surface area contributed by atoms with Crippen LogP contribution in [0.5, 0.6) is 69.0 Å². The Morgan fingerprint density at radius 1 is 0.541 bits per heavy atom. The lowest BCUT2D eigenvalue weighted by molar-refractivity contribution is -0.277. The van der Waals surface area contributed by atoms with Gasteiger partial charge in [-0.25, -0.2) is 4.79 Å². The highest BCUT2D eigenvalue weighted by atomic mass is 35.5. The van der Waals surface area contributed by atoms with Gasteiger partial charge in [-0.3, -0.25) is 38.4 Å². The molecule has 8 aliphatic rings. The molecule has 0 aliphatic carbocycles. The number of halogens is 2. The van der Waals surface area contributed by atoms with Crippen LogP contribution in [0.2, 0.25) is 10.0 Å². The van der Waals surface area contributed by atoms with E-state index in [0.29, 0.717) is 50.5 Å². The zero-order valence-corrected chi connectivity index (χ0v) is 73.9. The molecule has 0 spiro atoms. The first kappa shape index (κ1) is 98.5. The van der Waals surface area contributed by atoms with Gasteiger partial charge in [0.1, 0.15) is 131 Å². The number of phenols is 4. The summed E-state index contributed by atoms with van der Waals surface area (Å²) in [6, 6.07) is 5.61. The number of ether oxygens (including phenoxy) is 7. The van der Waals surface area contributed by atoms with Gasteiger partial charge < -0.3 is 159 Å². The standard InChI is InChI=1S/C91H108Cl2N12O28/c1-41(2)12-7-5-4-6-8-13-64(111)100-73-76(114)78(116)81(89(125)126)133-90(73)132-80-61-34-46-35-62(80)129-58-23-18-45(32-53(58)92)74(112)72-88(124)104-70(83(119)98-29-11-28-97-27-10-26-96-25-9-24-94)51-36-47(107)37-60(130-91-79(117)77(115)75(113)63(40-106)131-91)65(51)50-31-43(16-21-55(50)108)68(85(121)105-72)101-86(122)69(46)102-87(123)71-52-38-49(39-57(110)66(52)93)128-59-33-44(17-22-56(59)109)67(95-3)84(120)99-54(82(118)103-71)30-42-14-19-48(127-61)20-15-42/h14-23,31-39,41,54,63,67-79,81,90-91,95-97,106-110,112-117H,4-13,24-30,40,94H2,1-3H3,(H,98,119)(H,99,120)(H,100,111)(H,101,122)(H,102,123)(H,103,118)(H,104,124)(H,105,121)(H,125,126)/t54-,63-,67+,68-,69-,70+,71+,72+,73-,74-,75-,76-,77+,78+,79+,81+,90-,91+/m1/s1. The summed E-state index contributed by atoms with van der Waals surface area (Å²) < 4.78 is 44.6. The second-order valence-corrected chi connectivity index (χ2v) is 34.3. The lowest BCUT2D eigenvalue weighted by Crippen LogP contribution is -2.66. The number of nitrogens with one attached hydrogen (secondary N) is 11. The van der Waals surface area contributed by atoms with Crippen molar-refractivity contribution in [3.05, 3.63) is 164 Å². The zero-order chi connectivity index (χ0) is 95.3. The van der Waals surface area contributed by atoms with E-state index >= 15 is 28.8 Å². The van der Waals surface area contributed by atoms with Crippen molar-refractivity contribution in [3.63, 3.8) is 0 Å². The van der Waals surface area contributed by atoms with Crippen molar-refractivity contribution in [2.24, 2.45) is 11.7 Å². The van der Waals surface area contributed by atoms with E-state index in [4.69, 9.17) is 62.1 Å². The number of aliphatic hydroxyl groups excluding tert-OH is 7. The first-order chi connectivity index (χ1) is 63.7.